The molecule has 0 aromatic heterocycles. The maximum atomic E-state index is 11.6. The summed E-state index contributed by atoms with van der Waals surface area (Å²) in [5, 5.41) is 3.49. The van der Waals surface area contributed by atoms with Gasteiger partial charge in [0.25, 0.3) is 0 Å². The van der Waals surface area contributed by atoms with E-state index in [0.29, 0.717) is 5.69 Å². The lowest BCUT2D eigenvalue weighted by Crippen LogP contribution is -2.23. The van der Waals surface area contributed by atoms with Gasteiger partial charge in [0.05, 0.1) is 0 Å². The molecule has 0 amide bonds. The van der Waals surface area contributed by atoms with Crippen LogP contribution in [0.4, 0.5) is 11.4 Å². The van der Waals surface area contributed by atoms with E-state index < -0.39 is 9.84 Å². The highest BCUT2D eigenvalue weighted by molar-refractivity contribution is 7.90. The van der Waals surface area contributed by atoms with Gasteiger partial charge in [-0.15, -0.1) is 0 Å². The van der Waals surface area contributed by atoms with Crippen LogP contribution in [0.1, 0.15) is 13.8 Å². The Balaban J connectivity index is 3.37. The number of hydrogen-bond acceptors (Lipinski definition) is 4. The first-order chi connectivity index (χ1) is 7.93. The minimum atomic E-state index is -3.32. The van der Waals surface area contributed by atoms with Crippen molar-refractivity contribution in [1.29, 1.82) is 0 Å². The van der Waals surface area contributed by atoms with Crippen molar-refractivity contribution in [3.05, 3.63) is 18.2 Å². The van der Waals surface area contributed by atoms with Crippen LogP contribution in [0.5, 0.6) is 0 Å². The molecule has 1 aromatic rings. The average molecular weight is 256 g/mol. The molecule has 17 heavy (non-hydrogen) atoms. The molecule has 0 aliphatic rings. The number of hydrogen-bond donors (Lipinski definition) is 1. The van der Waals surface area contributed by atoms with Crippen molar-refractivity contribution in [2.45, 2.75) is 18.7 Å². The standard InChI is InChI=1S/C11H17N3O2S/c1-4-14(5-2)9-6-7-10(13-12)11(8-9)17(3,15)16/h6-8,12H,4-5H2,1-3H3/p+1. The third kappa shape index (κ3) is 3.03. The lowest BCUT2D eigenvalue weighted by Gasteiger charge is -2.21. The summed E-state index contributed by atoms with van der Waals surface area (Å²) in [4.78, 5) is 2.24. The lowest BCUT2D eigenvalue weighted by atomic mass is 10.2. The van der Waals surface area contributed by atoms with Crippen LogP contribution in [0, 0.1) is 0 Å². The second-order valence-electron chi connectivity index (χ2n) is 3.73. The van der Waals surface area contributed by atoms with Gasteiger partial charge in [-0.25, -0.2) is 8.42 Å². The molecule has 0 atom stereocenters. The first-order valence-corrected chi connectivity index (χ1v) is 7.33. The van der Waals surface area contributed by atoms with E-state index in [4.69, 9.17) is 5.53 Å². The van der Waals surface area contributed by atoms with E-state index in [2.05, 4.69) is 10.0 Å². The van der Waals surface area contributed by atoms with Crippen LogP contribution < -0.4 is 10.4 Å². The number of benzene rings is 1. The summed E-state index contributed by atoms with van der Waals surface area (Å²) in [5.74, 6) is 0. The molecule has 1 rings (SSSR count). The van der Waals surface area contributed by atoms with Gasteiger partial charge in [0.2, 0.25) is 0 Å². The van der Waals surface area contributed by atoms with Crippen LogP contribution >= 0.6 is 0 Å². The van der Waals surface area contributed by atoms with Gasteiger partial charge in [-0.1, -0.05) is 0 Å². The third-order valence-electron chi connectivity index (χ3n) is 2.61. The fraction of sp³-hybridized carbons (Fsp3) is 0.455. The zero-order chi connectivity index (χ0) is 13.1. The fourth-order valence-corrected chi connectivity index (χ4v) is 2.53. The molecule has 0 aliphatic carbocycles. The van der Waals surface area contributed by atoms with Crippen LogP contribution in [0.15, 0.2) is 28.2 Å². The summed E-state index contributed by atoms with van der Waals surface area (Å²) < 4.78 is 23.3. The van der Waals surface area contributed by atoms with E-state index in [1.165, 1.54) is 0 Å². The van der Waals surface area contributed by atoms with Crippen LogP contribution in [0.3, 0.4) is 0 Å². The van der Waals surface area contributed by atoms with Gasteiger partial charge in [0, 0.05) is 25.0 Å². The minimum Gasteiger partial charge on any atom is -0.372 e. The summed E-state index contributed by atoms with van der Waals surface area (Å²) in [5.41, 5.74) is 6.34. The predicted octanol–water partition coefficient (Wildman–Crippen LogP) is 0.779. The molecule has 94 valence electrons. The Bertz CT molecular complexity index is 507. The Labute approximate surface area is 102 Å². The summed E-state index contributed by atoms with van der Waals surface area (Å²) in [6.07, 6.45) is 1.16. The van der Waals surface area contributed by atoms with Crippen molar-refractivity contribution < 1.29 is 13.9 Å². The van der Waals surface area contributed by atoms with Gasteiger partial charge in [-0.3, -0.25) is 0 Å². The van der Waals surface area contributed by atoms with Gasteiger partial charge >= 0.3 is 0 Å². The zero-order valence-corrected chi connectivity index (χ0v) is 11.2. The lowest BCUT2D eigenvalue weighted by molar-refractivity contribution is -0.210. The molecule has 1 aromatic carbocycles. The van der Waals surface area contributed by atoms with E-state index in [1.54, 1.807) is 12.1 Å². The molecular formula is C11H18N3O2S+. The quantitative estimate of drug-likeness (QED) is 0.791. The molecule has 0 saturated carbocycles. The SMILES string of the molecule is CCN(CC)c1ccc(N=[NH2+])c(S(C)(=O)=O)c1. The summed E-state index contributed by atoms with van der Waals surface area (Å²) in [6, 6.07) is 5.07. The van der Waals surface area contributed by atoms with Crippen molar-refractivity contribution in [3.8, 4) is 0 Å². The Morgan fingerprint density at radius 3 is 2.29 bits per heavy atom. The molecular weight excluding hydrogens is 238 g/mol. The monoisotopic (exact) mass is 256 g/mol. The summed E-state index contributed by atoms with van der Waals surface area (Å²) in [6.45, 7) is 5.67. The normalized spacial score (nSPS) is 11.2. The molecule has 5 nitrogen and oxygen atoms in total. The molecule has 0 heterocycles. The van der Waals surface area contributed by atoms with Gasteiger partial charge in [-0.2, -0.15) is 5.53 Å². The Morgan fingerprint density at radius 1 is 1.29 bits per heavy atom. The molecule has 0 unspecified atom stereocenters. The highest BCUT2D eigenvalue weighted by Crippen LogP contribution is 2.28. The van der Waals surface area contributed by atoms with Gasteiger partial charge in [-0.05, 0) is 37.2 Å². The van der Waals surface area contributed by atoms with E-state index in [0.717, 1.165) is 25.0 Å². The maximum Gasteiger partial charge on any atom is 0.177 e. The van der Waals surface area contributed by atoms with Gasteiger partial charge in [0.15, 0.2) is 9.84 Å². The first-order valence-electron chi connectivity index (χ1n) is 5.44. The number of rotatable bonds is 5. The minimum absolute atomic E-state index is 0.171. The summed E-state index contributed by atoms with van der Waals surface area (Å²) >= 11 is 0. The Kier molecular flexibility index (Phi) is 4.22. The van der Waals surface area contributed by atoms with Crippen molar-refractivity contribution in [2.24, 2.45) is 5.11 Å². The molecule has 0 saturated heterocycles. The van der Waals surface area contributed by atoms with Crippen LogP contribution in [-0.2, 0) is 9.84 Å². The third-order valence-corrected chi connectivity index (χ3v) is 3.74. The van der Waals surface area contributed by atoms with Crippen molar-refractivity contribution in [3.63, 3.8) is 0 Å². The smallest absolute Gasteiger partial charge is 0.177 e. The van der Waals surface area contributed by atoms with Crippen molar-refractivity contribution in [1.82, 2.24) is 0 Å². The Morgan fingerprint density at radius 2 is 1.88 bits per heavy atom. The highest BCUT2D eigenvalue weighted by Gasteiger charge is 2.16. The maximum absolute atomic E-state index is 11.6. The van der Waals surface area contributed by atoms with E-state index >= 15 is 0 Å². The van der Waals surface area contributed by atoms with E-state index in [9.17, 15) is 8.42 Å². The average Bonchev–Trinajstić information content (AvgIpc) is 2.29. The van der Waals surface area contributed by atoms with Gasteiger partial charge < -0.3 is 4.90 Å². The largest absolute Gasteiger partial charge is 0.372 e. The number of nitrogens with zero attached hydrogens (tertiary/aromatic N) is 2. The molecule has 0 aliphatic heterocycles. The topological polar surface area (TPSA) is 75.3 Å². The van der Waals surface area contributed by atoms with Crippen LogP contribution in [-0.4, -0.2) is 27.8 Å². The van der Waals surface area contributed by atoms with Crippen molar-refractivity contribution in [2.75, 3.05) is 24.2 Å². The molecule has 0 spiro atoms. The second kappa shape index (κ2) is 5.27. The number of nitrogens with two attached hydrogens (primary N) is 1. The Hall–Kier alpha value is -1.43. The molecule has 0 fully saturated rings. The van der Waals surface area contributed by atoms with E-state index in [1.807, 2.05) is 19.9 Å². The van der Waals surface area contributed by atoms with Crippen molar-refractivity contribution >= 4 is 21.2 Å². The second-order valence-corrected chi connectivity index (χ2v) is 5.71. The van der Waals surface area contributed by atoms with E-state index in [-0.39, 0.29) is 4.90 Å². The fourth-order valence-electron chi connectivity index (χ4n) is 1.69. The van der Waals surface area contributed by atoms with Crippen LogP contribution in [0.25, 0.3) is 0 Å². The molecule has 0 radical (unpaired) electrons. The molecule has 0 bridgehead atoms. The number of anilines is 1. The van der Waals surface area contributed by atoms with Crippen LogP contribution in [0.2, 0.25) is 0 Å². The highest BCUT2D eigenvalue weighted by atomic mass is 32.2. The summed E-state index contributed by atoms with van der Waals surface area (Å²) in [7, 11) is -3.32. The predicted molar refractivity (Wildman–Crippen MR) is 67.1 cm³/mol. The molecule has 2 N–H and O–H groups in total. The number of sulfone groups is 1. The van der Waals surface area contributed by atoms with Gasteiger partial charge in [0.1, 0.15) is 10.6 Å². The molecule has 6 heteroatoms. The zero-order valence-electron chi connectivity index (χ0n) is 10.3. The first kappa shape index (κ1) is 13.6.